The summed E-state index contributed by atoms with van der Waals surface area (Å²) < 4.78 is 0. The number of pyridine rings is 1. The van der Waals surface area contributed by atoms with Crippen LogP contribution in [-0.2, 0) is 30.3 Å². The van der Waals surface area contributed by atoms with Gasteiger partial charge in [-0.15, -0.1) is 34.9 Å². The standard InChI is InChI=1S/C21H22N.C13H24O2.CH4.Ir/c1-14-10-15(2)12-17(11-14)19-9-7-16-6-8-18(21(3,4)5)13-20(16)22-19;1-5-10(6-2)12(14)9-13(15)11(7-3)8-4;;/h6-11,13H,1-5H3;9-11,14H,5-8H2,1-4H3;1H4;/q-1;;;. The second-order valence-corrected chi connectivity index (χ2v) is 11.1. The van der Waals surface area contributed by atoms with E-state index in [9.17, 15) is 9.90 Å². The molecule has 0 aliphatic heterocycles. The minimum atomic E-state index is 0. The van der Waals surface area contributed by atoms with Crippen LogP contribution in [0.25, 0.3) is 22.2 Å². The van der Waals surface area contributed by atoms with Gasteiger partial charge in [-0.1, -0.05) is 94.0 Å². The Morgan fingerprint density at radius 2 is 1.49 bits per heavy atom. The van der Waals surface area contributed by atoms with E-state index in [1.54, 1.807) is 0 Å². The zero-order valence-electron chi connectivity index (χ0n) is 24.7. The fourth-order valence-corrected chi connectivity index (χ4v) is 4.55. The van der Waals surface area contributed by atoms with Crippen LogP contribution >= 0.6 is 0 Å². The third-order valence-corrected chi connectivity index (χ3v) is 7.06. The summed E-state index contributed by atoms with van der Waals surface area (Å²) in [5.41, 5.74) is 6.96. The molecule has 0 amide bonds. The van der Waals surface area contributed by atoms with Gasteiger partial charge in [0.1, 0.15) is 0 Å². The quantitative estimate of drug-likeness (QED) is 0.144. The van der Waals surface area contributed by atoms with Crippen molar-refractivity contribution >= 4 is 16.7 Å². The Bertz CT molecular complexity index is 1190. The van der Waals surface area contributed by atoms with E-state index in [1.165, 1.54) is 22.6 Å². The first-order valence-corrected chi connectivity index (χ1v) is 13.8. The number of ketones is 1. The Kier molecular flexibility index (Phi) is 15.7. The predicted octanol–water partition coefficient (Wildman–Crippen LogP) is 10.1. The van der Waals surface area contributed by atoms with E-state index < -0.39 is 0 Å². The molecule has 0 atom stereocenters. The molecule has 1 N–H and O–H groups in total. The van der Waals surface area contributed by atoms with Crippen LogP contribution in [0.4, 0.5) is 0 Å². The minimum absolute atomic E-state index is 0. The van der Waals surface area contributed by atoms with Crippen LogP contribution in [0.1, 0.15) is 98.3 Å². The van der Waals surface area contributed by atoms with E-state index in [0.29, 0.717) is 0 Å². The number of rotatable bonds is 8. The maximum Gasteiger partial charge on any atom is 0.162 e. The summed E-state index contributed by atoms with van der Waals surface area (Å²) in [6, 6.07) is 18.5. The summed E-state index contributed by atoms with van der Waals surface area (Å²) in [6.07, 6.45) is 4.91. The Hall–Kier alpha value is -2.29. The summed E-state index contributed by atoms with van der Waals surface area (Å²) in [5.74, 6) is 0.547. The van der Waals surface area contributed by atoms with Gasteiger partial charge in [-0.2, -0.15) is 0 Å². The van der Waals surface area contributed by atoms with Crippen LogP contribution < -0.4 is 0 Å². The number of hydrogen-bond donors (Lipinski definition) is 1. The molecule has 217 valence electrons. The van der Waals surface area contributed by atoms with Crippen LogP contribution in [0.3, 0.4) is 0 Å². The number of allylic oxidation sites excluding steroid dienone is 2. The molecule has 39 heavy (non-hydrogen) atoms. The zero-order chi connectivity index (χ0) is 27.8. The van der Waals surface area contributed by atoms with E-state index in [-0.39, 0.29) is 56.3 Å². The molecule has 0 bridgehead atoms. The first-order chi connectivity index (χ1) is 17.4. The molecule has 3 rings (SSSR count). The first-order valence-electron chi connectivity index (χ1n) is 13.8. The normalized spacial score (nSPS) is 11.5. The van der Waals surface area contributed by atoms with E-state index in [0.717, 1.165) is 48.0 Å². The van der Waals surface area contributed by atoms with Crippen molar-refractivity contribution in [3.05, 3.63) is 77.1 Å². The Labute approximate surface area is 251 Å². The van der Waals surface area contributed by atoms with Crippen molar-refractivity contribution in [1.82, 2.24) is 4.98 Å². The van der Waals surface area contributed by atoms with E-state index >= 15 is 0 Å². The van der Waals surface area contributed by atoms with E-state index in [2.05, 4.69) is 83.1 Å². The molecule has 0 unspecified atom stereocenters. The average molecular weight is 709 g/mol. The number of aromatic nitrogens is 1. The SMILES string of the molecule is C.CCC(CC)C(=O)C=C(O)C(CC)CC.Cc1[c-]c(-c2ccc3ccc(C(C)(C)C)cc3n2)cc(C)c1.[Ir]. The molecule has 2 aromatic carbocycles. The minimum Gasteiger partial charge on any atom is -0.512 e. The summed E-state index contributed by atoms with van der Waals surface area (Å²) in [7, 11) is 0. The van der Waals surface area contributed by atoms with Crippen molar-refractivity contribution in [3.8, 4) is 11.3 Å². The van der Waals surface area contributed by atoms with Gasteiger partial charge < -0.3 is 5.11 Å². The zero-order valence-corrected chi connectivity index (χ0v) is 27.1. The number of aryl methyl sites for hydroxylation is 2. The third kappa shape index (κ3) is 10.7. The number of fused-ring (bicyclic) bond motifs is 1. The summed E-state index contributed by atoms with van der Waals surface area (Å²) in [4.78, 5) is 16.6. The van der Waals surface area contributed by atoms with Crippen LogP contribution in [-0.4, -0.2) is 15.9 Å². The molecule has 1 aromatic heterocycles. The van der Waals surface area contributed by atoms with Gasteiger partial charge in [-0.3, -0.25) is 9.78 Å². The van der Waals surface area contributed by atoms with Crippen LogP contribution in [0, 0.1) is 31.7 Å². The molecule has 0 aliphatic carbocycles. The largest absolute Gasteiger partial charge is 0.512 e. The predicted molar refractivity (Wildman–Crippen MR) is 165 cm³/mol. The topological polar surface area (TPSA) is 50.2 Å². The Morgan fingerprint density at radius 3 is 2.00 bits per heavy atom. The molecule has 0 spiro atoms. The molecule has 3 aromatic rings. The Morgan fingerprint density at radius 1 is 0.923 bits per heavy atom. The van der Waals surface area contributed by atoms with Gasteiger partial charge in [-0.25, -0.2) is 0 Å². The molecule has 3 nitrogen and oxygen atoms in total. The van der Waals surface area contributed by atoms with Crippen LogP contribution in [0.15, 0.2) is 54.3 Å². The molecule has 0 saturated carbocycles. The molecule has 0 saturated heterocycles. The monoisotopic (exact) mass is 709 g/mol. The summed E-state index contributed by atoms with van der Waals surface area (Å²) >= 11 is 0. The molecule has 1 radical (unpaired) electrons. The van der Waals surface area contributed by atoms with Gasteiger partial charge >= 0.3 is 0 Å². The number of carbonyl (C=O) groups is 1. The molecular formula is C35H50IrNO2-. The smallest absolute Gasteiger partial charge is 0.162 e. The number of nitrogens with zero attached hydrogens (tertiary/aromatic N) is 1. The van der Waals surface area contributed by atoms with Crippen molar-refractivity contribution in [2.75, 3.05) is 0 Å². The van der Waals surface area contributed by atoms with Crippen molar-refractivity contribution in [2.24, 2.45) is 11.8 Å². The molecule has 1 heterocycles. The number of aliphatic hydroxyl groups excluding tert-OH is 1. The van der Waals surface area contributed by atoms with E-state index in [1.807, 2.05) is 27.7 Å². The van der Waals surface area contributed by atoms with Crippen LogP contribution in [0.5, 0.6) is 0 Å². The van der Waals surface area contributed by atoms with Gasteiger partial charge in [-0.05, 0) is 53.8 Å². The Balaban J connectivity index is 0.000000758. The van der Waals surface area contributed by atoms with Crippen LogP contribution in [0.2, 0.25) is 0 Å². The molecule has 0 fully saturated rings. The molecular weight excluding hydrogens is 659 g/mol. The number of hydrogen-bond acceptors (Lipinski definition) is 3. The van der Waals surface area contributed by atoms with Crippen molar-refractivity contribution in [1.29, 1.82) is 0 Å². The number of aliphatic hydroxyl groups is 1. The molecule has 0 aliphatic rings. The average Bonchev–Trinajstić information content (AvgIpc) is 2.84. The second kappa shape index (κ2) is 16.7. The summed E-state index contributed by atoms with van der Waals surface area (Å²) in [6.45, 7) is 19.0. The van der Waals surface area contributed by atoms with Gasteiger partial charge in [0, 0.05) is 38.0 Å². The fraction of sp³-hybridized carbons (Fsp3) is 0.486. The third-order valence-electron chi connectivity index (χ3n) is 7.06. The first kappa shape index (κ1) is 36.7. The van der Waals surface area contributed by atoms with Crippen molar-refractivity contribution in [3.63, 3.8) is 0 Å². The number of carbonyl (C=O) groups excluding carboxylic acids is 1. The maximum atomic E-state index is 11.7. The summed E-state index contributed by atoms with van der Waals surface area (Å²) in [5, 5.41) is 10.9. The van der Waals surface area contributed by atoms with Gasteiger partial charge in [0.2, 0.25) is 0 Å². The van der Waals surface area contributed by atoms with Gasteiger partial charge in [0.25, 0.3) is 0 Å². The maximum absolute atomic E-state index is 11.7. The van der Waals surface area contributed by atoms with Crippen molar-refractivity contribution < 1.29 is 30.0 Å². The van der Waals surface area contributed by atoms with Gasteiger partial charge in [0.05, 0.1) is 11.3 Å². The van der Waals surface area contributed by atoms with E-state index in [4.69, 9.17) is 4.98 Å². The number of benzene rings is 2. The van der Waals surface area contributed by atoms with Crippen molar-refractivity contribution in [2.45, 2.75) is 101 Å². The fourth-order valence-electron chi connectivity index (χ4n) is 4.55. The van der Waals surface area contributed by atoms with Gasteiger partial charge in [0.15, 0.2) is 5.78 Å². The molecule has 4 heteroatoms. The second-order valence-electron chi connectivity index (χ2n) is 11.1.